The molecule has 3 heteroatoms. The maximum absolute atomic E-state index is 10.5. The van der Waals surface area contributed by atoms with Gasteiger partial charge in [-0.1, -0.05) is 0 Å². The van der Waals surface area contributed by atoms with Crippen LogP contribution in [0, 0.1) is 0 Å². The van der Waals surface area contributed by atoms with Crippen LogP contribution in [0.5, 0.6) is 0 Å². The van der Waals surface area contributed by atoms with Crippen molar-refractivity contribution in [3.8, 4) is 0 Å². The van der Waals surface area contributed by atoms with Crippen molar-refractivity contribution >= 4 is 9.76 Å². The molecule has 0 aromatic heterocycles. The molecule has 0 spiro atoms. The molecule has 0 aliphatic carbocycles. The van der Waals surface area contributed by atoms with E-state index in [1.54, 1.807) is 0 Å². The van der Waals surface area contributed by atoms with Gasteiger partial charge in [-0.15, -0.1) is 0 Å². The third-order valence-corrected chi connectivity index (χ3v) is 0.179. The molecule has 0 saturated heterocycles. The topological polar surface area (TPSA) is 20.2 Å². The van der Waals surface area contributed by atoms with Gasteiger partial charge in [0.2, 0.25) is 0 Å². The Balaban J connectivity index is 1.97. The second-order valence-corrected chi connectivity index (χ2v) is 0.875. The monoisotopic (exact) mass is 78.0 g/mol. The van der Waals surface area contributed by atoms with Crippen LogP contribution in [0.15, 0.2) is 0 Å². The van der Waals surface area contributed by atoms with Crippen molar-refractivity contribution < 1.29 is 9.19 Å². The van der Waals surface area contributed by atoms with Gasteiger partial charge in [0.15, 0.2) is 0 Å². The second-order valence-electron chi connectivity index (χ2n) is 0.292. The molecule has 0 aliphatic heterocycles. The first-order valence-electron chi connectivity index (χ1n) is 0.844. The van der Waals surface area contributed by atoms with Crippen LogP contribution in [0.2, 0.25) is 0 Å². The summed E-state index contributed by atoms with van der Waals surface area (Å²) in [5.74, 6) is 0. The minimum atomic E-state index is -0.597. The van der Waals surface area contributed by atoms with Crippen molar-refractivity contribution in [1.82, 2.24) is 0 Å². The van der Waals surface area contributed by atoms with E-state index in [-0.39, 0.29) is 0 Å². The predicted molar refractivity (Wildman–Crippen MR) is 13.9 cm³/mol. The summed E-state index contributed by atoms with van der Waals surface area (Å²) >= 11 is 0. The number of halogens is 1. The molecule has 24 valence electrons. The molecule has 0 unspecified atom stereocenters. The zero-order chi connectivity index (χ0) is 3.41. The number of alkyl halides is 1. The van der Waals surface area contributed by atoms with E-state index in [1.165, 1.54) is 0 Å². The summed E-state index contributed by atoms with van der Waals surface area (Å²) in [6.07, 6.45) is -0.597. The van der Waals surface area contributed by atoms with Crippen LogP contribution in [0.25, 0.3) is 0 Å². The molecule has 1 nitrogen and oxygen atoms in total. The predicted octanol–water partition coefficient (Wildman–Crippen LogP) is -0.475. The lowest BCUT2D eigenvalue weighted by molar-refractivity contribution is 0.522. The summed E-state index contributed by atoms with van der Waals surface area (Å²) in [5, 5.41) is 0. The van der Waals surface area contributed by atoms with E-state index in [9.17, 15) is 4.39 Å². The zero-order valence-electron chi connectivity index (χ0n) is 2.03. The van der Waals surface area contributed by atoms with Gasteiger partial charge in [0.05, 0.1) is 0 Å². The Hall–Kier alpha value is 0.107. The Morgan fingerprint density at radius 1 is 2.00 bits per heavy atom. The maximum atomic E-state index is 10.5. The molecule has 0 aliphatic rings. The normalized spacial score (nSPS) is 7.50. The fraction of sp³-hybridized carbons (Fsp3) is 1.00. The summed E-state index contributed by atoms with van der Waals surface area (Å²) in [4.78, 5) is 7.53. The van der Waals surface area contributed by atoms with Crippen molar-refractivity contribution in [2.24, 2.45) is 0 Å². The summed E-state index contributed by atoms with van der Waals surface area (Å²) in [5.41, 5.74) is 0. The molecule has 0 rings (SSSR count). The highest BCUT2D eigenvalue weighted by Gasteiger charge is 1.68. The van der Waals surface area contributed by atoms with Crippen molar-refractivity contribution in [3.05, 3.63) is 0 Å². The second kappa shape index (κ2) is 3.11. The number of hydrogen-bond acceptors (Lipinski definition) is 1. The first kappa shape index (κ1) is 4.11. The van der Waals surface area contributed by atoms with Crippen LogP contribution in [-0.4, -0.2) is 20.9 Å². The summed E-state index contributed by atoms with van der Waals surface area (Å²) in [7, 11) is -0.526. The van der Waals surface area contributed by atoms with E-state index in [1.807, 2.05) is 0 Å². The highest BCUT2D eigenvalue weighted by molar-refractivity contribution is 6.24. The van der Waals surface area contributed by atoms with Crippen molar-refractivity contribution in [2.75, 3.05) is 6.30 Å². The van der Waals surface area contributed by atoms with Crippen molar-refractivity contribution in [2.45, 2.75) is 0 Å². The standard InChI is InChI=1S/CH3FOSi/c2-1-4-3/h3H,1H2. The Morgan fingerprint density at radius 2 is 2.25 bits per heavy atom. The fourth-order valence-corrected chi connectivity index (χ4v) is 0. The molecule has 0 bridgehead atoms. The molecule has 0 aromatic carbocycles. The van der Waals surface area contributed by atoms with Gasteiger partial charge in [-0.05, 0) is 0 Å². The van der Waals surface area contributed by atoms with Crippen LogP contribution in [-0.2, 0) is 0 Å². The summed E-state index contributed by atoms with van der Waals surface area (Å²) in [6, 6.07) is 0. The summed E-state index contributed by atoms with van der Waals surface area (Å²) < 4.78 is 10.5. The highest BCUT2D eigenvalue weighted by Crippen LogP contribution is 1.49. The van der Waals surface area contributed by atoms with Crippen LogP contribution in [0.3, 0.4) is 0 Å². The van der Waals surface area contributed by atoms with Crippen molar-refractivity contribution in [1.29, 1.82) is 0 Å². The first-order chi connectivity index (χ1) is 1.91. The van der Waals surface area contributed by atoms with E-state index >= 15 is 0 Å². The van der Waals surface area contributed by atoms with Crippen LogP contribution < -0.4 is 0 Å². The molecule has 0 heterocycles. The smallest absolute Gasteiger partial charge is 0.259 e. The van der Waals surface area contributed by atoms with Gasteiger partial charge in [-0.25, -0.2) is 0 Å². The Kier molecular flexibility index (Phi) is 3.19. The van der Waals surface area contributed by atoms with E-state index in [0.717, 1.165) is 0 Å². The van der Waals surface area contributed by atoms with E-state index in [4.69, 9.17) is 4.80 Å². The lowest BCUT2D eigenvalue weighted by Crippen LogP contribution is -1.85. The minimum Gasteiger partial charge on any atom is -0.430 e. The molecule has 0 saturated carbocycles. The molecule has 1 N–H and O–H groups in total. The van der Waals surface area contributed by atoms with Gasteiger partial charge >= 0.3 is 0 Å². The molecule has 0 atom stereocenters. The minimum absolute atomic E-state index is 0.526. The van der Waals surface area contributed by atoms with Gasteiger partial charge in [0, 0.05) is 0 Å². The Labute approximate surface area is 26.4 Å². The molecule has 0 fully saturated rings. The van der Waals surface area contributed by atoms with E-state index in [2.05, 4.69) is 0 Å². The maximum Gasteiger partial charge on any atom is 0.259 e. The van der Waals surface area contributed by atoms with Gasteiger partial charge < -0.3 is 4.80 Å². The van der Waals surface area contributed by atoms with Gasteiger partial charge in [-0.3, -0.25) is 4.39 Å². The molecule has 2 radical (unpaired) electrons. The lowest BCUT2D eigenvalue weighted by Gasteiger charge is -1.61. The summed E-state index contributed by atoms with van der Waals surface area (Å²) in [6.45, 7) is 0. The number of rotatable bonds is 1. The molecule has 4 heavy (non-hydrogen) atoms. The van der Waals surface area contributed by atoms with Gasteiger partial charge in [0.1, 0.15) is 6.30 Å². The number of hydrogen-bond donors (Lipinski definition) is 1. The average molecular weight is 78.1 g/mol. The quantitative estimate of drug-likeness (QED) is 0.420. The zero-order valence-corrected chi connectivity index (χ0v) is 3.03. The van der Waals surface area contributed by atoms with Gasteiger partial charge in [-0.2, -0.15) is 0 Å². The lowest BCUT2D eigenvalue weighted by atomic mass is 11.8. The van der Waals surface area contributed by atoms with E-state index < -0.39 is 16.1 Å². The van der Waals surface area contributed by atoms with Crippen molar-refractivity contribution in [3.63, 3.8) is 0 Å². The van der Waals surface area contributed by atoms with Crippen LogP contribution in [0.4, 0.5) is 4.39 Å². The highest BCUT2D eigenvalue weighted by atomic mass is 28.2. The Morgan fingerprint density at radius 3 is 2.25 bits per heavy atom. The first-order valence-corrected chi connectivity index (χ1v) is 2.00. The molecular formula is CH3FOSi. The van der Waals surface area contributed by atoms with Crippen LogP contribution in [0.1, 0.15) is 0 Å². The molecule has 0 amide bonds. The van der Waals surface area contributed by atoms with E-state index in [0.29, 0.717) is 0 Å². The molecule has 0 aromatic rings. The third kappa shape index (κ3) is 2.11. The van der Waals surface area contributed by atoms with Gasteiger partial charge in [0.25, 0.3) is 9.76 Å². The molecular weight excluding hydrogens is 75.1 g/mol. The SMILES string of the molecule is O[Si]CF. The van der Waals surface area contributed by atoms with Crippen LogP contribution >= 0.6 is 0 Å². The average Bonchev–Trinajstić information content (AvgIpc) is 1.37. The third-order valence-electron chi connectivity index (χ3n) is 0.0598. The Bertz CT molecular complexity index is 10.0. The fourth-order valence-electron chi connectivity index (χ4n) is 0. The largest absolute Gasteiger partial charge is 0.430 e.